The minimum Gasteiger partial charge on any atom is -0.495 e. The molecule has 0 spiro atoms. The smallest absolute Gasteiger partial charge is 0.338 e. The van der Waals surface area contributed by atoms with Crippen molar-refractivity contribution < 1.29 is 19.1 Å². The highest BCUT2D eigenvalue weighted by atomic mass is 16.5. The van der Waals surface area contributed by atoms with Gasteiger partial charge in [-0.2, -0.15) is 0 Å². The minimum absolute atomic E-state index is 0.147. The number of hydrogen-bond acceptors (Lipinski definition) is 5. The van der Waals surface area contributed by atoms with Crippen molar-refractivity contribution in [3.63, 3.8) is 0 Å². The SMILES string of the molecule is CCCOC(=O)c1ccc(NC(=O)N2CCN(c3ccccc3OC)CC2)cc1. The zero-order valence-corrected chi connectivity index (χ0v) is 16.9. The summed E-state index contributed by atoms with van der Waals surface area (Å²) < 4.78 is 10.5. The first-order valence-electron chi connectivity index (χ1n) is 9.83. The van der Waals surface area contributed by atoms with Gasteiger partial charge in [0.25, 0.3) is 0 Å². The summed E-state index contributed by atoms with van der Waals surface area (Å²) in [4.78, 5) is 28.4. The van der Waals surface area contributed by atoms with Gasteiger partial charge in [-0.1, -0.05) is 19.1 Å². The highest BCUT2D eigenvalue weighted by molar-refractivity contribution is 5.92. The predicted octanol–water partition coefficient (Wildman–Crippen LogP) is 3.62. The number of methoxy groups -OCH3 is 1. The Morgan fingerprint density at radius 1 is 1.00 bits per heavy atom. The van der Waals surface area contributed by atoms with Crippen LogP contribution in [0.25, 0.3) is 0 Å². The molecule has 2 aromatic carbocycles. The second-order valence-corrected chi connectivity index (χ2v) is 6.79. The number of benzene rings is 2. The molecule has 0 unspecified atom stereocenters. The highest BCUT2D eigenvalue weighted by Crippen LogP contribution is 2.28. The number of rotatable bonds is 6. The van der Waals surface area contributed by atoms with Crippen LogP contribution in [0.4, 0.5) is 16.2 Å². The number of carbonyl (C=O) groups excluding carboxylic acids is 2. The van der Waals surface area contributed by atoms with Crippen LogP contribution in [0, 0.1) is 0 Å². The Hall–Kier alpha value is -3.22. The van der Waals surface area contributed by atoms with E-state index in [9.17, 15) is 9.59 Å². The van der Waals surface area contributed by atoms with Crippen molar-refractivity contribution in [2.45, 2.75) is 13.3 Å². The summed E-state index contributed by atoms with van der Waals surface area (Å²) in [5.41, 5.74) is 2.16. The maximum Gasteiger partial charge on any atom is 0.338 e. The van der Waals surface area contributed by atoms with Crippen LogP contribution in [-0.2, 0) is 4.74 Å². The number of carbonyl (C=O) groups is 2. The molecule has 1 aliphatic rings. The standard InChI is InChI=1S/C22H27N3O4/c1-3-16-29-21(26)17-8-10-18(11-9-17)23-22(27)25-14-12-24(13-15-25)19-6-4-5-7-20(19)28-2/h4-11H,3,12-16H2,1-2H3,(H,23,27). The lowest BCUT2D eigenvalue weighted by atomic mass is 10.2. The third-order valence-corrected chi connectivity index (χ3v) is 4.80. The van der Waals surface area contributed by atoms with Gasteiger partial charge in [0.2, 0.25) is 0 Å². The topological polar surface area (TPSA) is 71.1 Å². The number of anilines is 2. The van der Waals surface area contributed by atoms with Crippen LogP contribution in [0.2, 0.25) is 0 Å². The van der Waals surface area contributed by atoms with E-state index in [1.54, 1.807) is 36.3 Å². The maximum atomic E-state index is 12.6. The quantitative estimate of drug-likeness (QED) is 0.754. The fourth-order valence-electron chi connectivity index (χ4n) is 3.21. The summed E-state index contributed by atoms with van der Waals surface area (Å²) in [5.74, 6) is 0.486. The summed E-state index contributed by atoms with van der Waals surface area (Å²) in [6.07, 6.45) is 0.782. The Morgan fingerprint density at radius 2 is 1.69 bits per heavy atom. The number of piperazine rings is 1. The van der Waals surface area contributed by atoms with Gasteiger partial charge >= 0.3 is 12.0 Å². The van der Waals surface area contributed by atoms with Crippen LogP contribution < -0.4 is 15.0 Å². The molecule has 7 heteroatoms. The Morgan fingerprint density at radius 3 is 2.34 bits per heavy atom. The fourth-order valence-corrected chi connectivity index (χ4v) is 3.21. The van der Waals surface area contributed by atoms with E-state index in [4.69, 9.17) is 9.47 Å². The molecule has 2 amide bonds. The molecular weight excluding hydrogens is 370 g/mol. The first kappa shape index (κ1) is 20.5. The van der Waals surface area contributed by atoms with Crippen molar-refractivity contribution in [3.05, 3.63) is 54.1 Å². The Labute approximate surface area is 171 Å². The second-order valence-electron chi connectivity index (χ2n) is 6.79. The molecule has 1 N–H and O–H groups in total. The van der Waals surface area contributed by atoms with Crippen LogP contribution in [0.15, 0.2) is 48.5 Å². The first-order valence-corrected chi connectivity index (χ1v) is 9.83. The highest BCUT2D eigenvalue weighted by Gasteiger charge is 2.23. The molecule has 1 heterocycles. The molecule has 0 aromatic heterocycles. The van der Waals surface area contributed by atoms with Crippen molar-refractivity contribution in [2.24, 2.45) is 0 Å². The summed E-state index contributed by atoms with van der Waals surface area (Å²) >= 11 is 0. The summed E-state index contributed by atoms with van der Waals surface area (Å²) in [5, 5.41) is 2.89. The number of amides is 2. The number of ether oxygens (including phenoxy) is 2. The monoisotopic (exact) mass is 397 g/mol. The van der Waals surface area contributed by atoms with E-state index in [-0.39, 0.29) is 12.0 Å². The molecule has 0 bridgehead atoms. The van der Waals surface area contributed by atoms with E-state index in [0.29, 0.717) is 30.9 Å². The molecule has 0 aliphatic carbocycles. The van der Waals surface area contributed by atoms with Crippen LogP contribution in [0.1, 0.15) is 23.7 Å². The van der Waals surface area contributed by atoms with Gasteiger partial charge in [-0.05, 0) is 42.8 Å². The van der Waals surface area contributed by atoms with Crippen molar-refractivity contribution in [1.29, 1.82) is 0 Å². The summed E-state index contributed by atoms with van der Waals surface area (Å²) in [6.45, 7) is 5.04. The molecule has 1 saturated heterocycles. The van der Waals surface area contributed by atoms with Crippen molar-refractivity contribution in [3.8, 4) is 5.75 Å². The molecule has 3 rings (SSSR count). The zero-order chi connectivity index (χ0) is 20.6. The predicted molar refractivity (Wildman–Crippen MR) is 113 cm³/mol. The number of nitrogens with one attached hydrogen (secondary N) is 1. The van der Waals surface area contributed by atoms with Gasteiger partial charge in [-0.15, -0.1) is 0 Å². The number of para-hydroxylation sites is 2. The van der Waals surface area contributed by atoms with Crippen molar-refractivity contribution in [1.82, 2.24) is 4.90 Å². The van der Waals surface area contributed by atoms with Crippen LogP contribution >= 0.6 is 0 Å². The van der Waals surface area contributed by atoms with Gasteiger partial charge in [0, 0.05) is 31.9 Å². The molecule has 1 aliphatic heterocycles. The lowest BCUT2D eigenvalue weighted by Gasteiger charge is -2.36. The van der Waals surface area contributed by atoms with E-state index in [1.807, 2.05) is 31.2 Å². The lowest BCUT2D eigenvalue weighted by molar-refractivity contribution is 0.0505. The molecule has 0 saturated carbocycles. The first-order chi connectivity index (χ1) is 14.1. The second kappa shape index (κ2) is 9.82. The van der Waals surface area contributed by atoms with E-state index in [2.05, 4.69) is 10.2 Å². The summed E-state index contributed by atoms with van der Waals surface area (Å²) in [7, 11) is 1.66. The minimum atomic E-state index is -0.350. The Kier molecular flexibility index (Phi) is 6.94. The van der Waals surface area contributed by atoms with Crippen molar-refractivity contribution in [2.75, 3.05) is 50.1 Å². The van der Waals surface area contributed by atoms with E-state index < -0.39 is 0 Å². The van der Waals surface area contributed by atoms with E-state index in [1.165, 1.54) is 0 Å². The van der Waals surface area contributed by atoms with Crippen LogP contribution in [-0.4, -0.2) is 56.8 Å². The average Bonchev–Trinajstić information content (AvgIpc) is 2.78. The van der Waals surface area contributed by atoms with E-state index >= 15 is 0 Å². The van der Waals surface area contributed by atoms with Gasteiger partial charge in [0.15, 0.2) is 0 Å². The van der Waals surface area contributed by atoms with Gasteiger partial charge < -0.3 is 24.6 Å². The van der Waals surface area contributed by atoms with Crippen molar-refractivity contribution >= 4 is 23.4 Å². The third kappa shape index (κ3) is 5.19. The molecule has 29 heavy (non-hydrogen) atoms. The normalized spacial score (nSPS) is 13.7. The fraction of sp³-hybridized carbons (Fsp3) is 0.364. The molecule has 0 radical (unpaired) electrons. The molecule has 1 fully saturated rings. The molecular formula is C22H27N3O4. The van der Waals surface area contributed by atoms with Gasteiger partial charge in [0.05, 0.1) is 25.0 Å². The number of hydrogen-bond donors (Lipinski definition) is 1. The van der Waals surface area contributed by atoms with Gasteiger partial charge in [-0.3, -0.25) is 0 Å². The van der Waals surface area contributed by atoms with Gasteiger partial charge in [-0.25, -0.2) is 9.59 Å². The molecule has 154 valence electrons. The van der Waals surface area contributed by atoms with Crippen LogP contribution in [0.3, 0.4) is 0 Å². The molecule has 2 aromatic rings. The van der Waals surface area contributed by atoms with Gasteiger partial charge in [0.1, 0.15) is 5.75 Å². The maximum absolute atomic E-state index is 12.6. The Balaban J connectivity index is 1.53. The molecule has 0 atom stereocenters. The zero-order valence-electron chi connectivity index (χ0n) is 16.9. The number of nitrogens with zero attached hydrogens (tertiary/aromatic N) is 2. The average molecular weight is 397 g/mol. The lowest BCUT2D eigenvalue weighted by Crippen LogP contribution is -2.50. The summed E-state index contributed by atoms with van der Waals surface area (Å²) in [6, 6.07) is 14.5. The number of esters is 1. The third-order valence-electron chi connectivity index (χ3n) is 4.80. The number of urea groups is 1. The van der Waals surface area contributed by atoms with Crippen LogP contribution in [0.5, 0.6) is 5.75 Å². The Bertz CT molecular complexity index is 830. The largest absolute Gasteiger partial charge is 0.495 e. The van der Waals surface area contributed by atoms with E-state index in [0.717, 1.165) is 30.9 Å². The molecule has 7 nitrogen and oxygen atoms in total.